The van der Waals surface area contributed by atoms with Gasteiger partial charge in [-0.15, -0.1) is 0 Å². The molecule has 170 valence electrons. The Morgan fingerprint density at radius 3 is 2.38 bits per heavy atom. The topological polar surface area (TPSA) is 80.1 Å². The van der Waals surface area contributed by atoms with Crippen LogP contribution in [0, 0.1) is 0 Å². The van der Waals surface area contributed by atoms with Crippen LogP contribution in [0.15, 0.2) is 77.8 Å². The van der Waals surface area contributed by atoms with Crippen molar-refractivity contribution in [2.45, 2.75) is 0 Å². The van der Waals surface area contributed by atoms with Crippen LogP contribution in [0.25, 0.3) is 16.9 Å². The van der Waals surface area contributed by atoms with E-state index in [1.807, 2.05) is 40.3 Å². The molecular formula is C25H23N7OS. The van der Waals surface area contributed by atoms with Crippen molar-refractivity contribution in [1.82, 2.24) is 19.5 Å². The molecule has 0 atom stereocenters. The van der Waals surface area contributed by atoms with Gasteiger partial charge in [-0.3, -0.25) is 4.57 Å². The number of anilines is 5. The fourth-order valence-electron chi connectivity index (χ4n) is 3.99. The number of aromatic nitrogens is 4. The van der Waals surface area contributed by atoms with Crippen molar-refractivity contribution >= 4 is 51.3 Å². The SMILES string of the molecule is c1ccc(Nc2nc(Nc3ccc(N4CCOCC4)cc3)c3ncn(-c4ccsc4)c3n2)cc1. The van der Waals surface area contributed by atoms with Gasteiger partial charge >= 0.3 is 0 Å². The van der Waals surface area contributed by atoms with E-state index in [0.29, 0.717) is 17.3 Å². The maximum Gasteiger partial charge on any atom is 0.231 e. The molecule has 0 spiro atoms. The van der Waals surface area contributed by atoms with Crippen LogP contribution in [0.1, 0.15) is 0 Å². The molecule has 5 aromatic rings. The van der Waals surface area contributed by atoms with Gasteiger partial charge in [-0.1, -0.05) is 18.2 Å². The maximum absolute atomic E-state index is 5.46. The lowest BCUT2D eigenvalue weighted by atomic mass is 10.2. The molecule has 34 heavy (non-hydrogen) atoms. The number of benzene rings is 2. The minimum Gasteiger partial charge on any atom is -0.378 e. The molecule has 1 fully saturated rings. The highest BCUT2D eigenvalue weighted by molar-refractivity contribution is 7.08. The maximum atomic E-state index is 5.46. The van der Waals surface area contributed by atoms with Crippen LogP contribution in [0.3, 0.4) is 0 Å². The Bertz CT molecular complexity index is 1380. The zero-order valence-corrected chi connectivity index (χ0v) is 19.2. The molecule has 0 bridgehead atoms. The van der Waals surface area contributed by atoms with Gasteiger partial charge in [0, 0.05) is 35.5 Å². The largest absolute Gasteiger partial charge is 0.378 e. The average Bonchev–Trinajstić information content (AvgIpc) is 3.56. The molecule has 2 N–H and O–H groups in total. The van der Waals surface area contributed by atoms with Gasteiger partial charge in [-0.05, 0) is 47.8 Å². The van der Waals surface area contributed by atoms with Crippen molar-refractivity contribution in [1.29, 1.82) is 0 Å². The molecule has 0 radical (unpaired) electrons. The summed E-state index contributed by atoms with van der Waals surface area (Å²) in [5.74, 6) is 1.15. The molecule has 3 aromatic heterocycles. The van der Waals surface area contributed by atoms with Crippen molar-refractivity contribution in [3.05, 3.63) is 77.8 Å². The zero-order chi connectivity index (χ0) is 22.7. The van der Waals surface area contributed by atoms with E-state index < -0.39 is 0 Å². The summed E-state index contributed by atoms with van der Waals surface area (Å²) in [7, 11) is 0. The zero-order valence-electron chi connectivity index (χ0n) is 18.4. The summed E-state index contributed by atoms with van der Waals surface area (Å²) in [6, 6.07) is 20.3. The summed E-state index contributed by atoms with van der Waals surface area (Å²) in [6.45, 7) is 3.35. The van der Waals surface area contributed by atoms with Gasteiger partial charge in [-0.2, -0.15) is 21.3 Å². The van der Waals surface area contributed by atoms with Gasteiger partial charge in [-0.25, -0.2) is 4.98 Å². The number of morpholine rings is 1. The van der Waals surface area contributed by atoms with Gasteiger partial charge in [0.15, 0.2) is 17.0 Å². The Hall–Kier alpha value is -3.95. The number of rotatable bonds is 6. The van der Waals surface area contributed by atoms with E-state index in [4.69, 9.17) is 14.7 Å². The van der Waals surface area contributed by atoms with Crippen molar-refractivity contribution in [2.75, 3.05) is 41.8 Å². The second-order valence-electron chi connectivity index (χ2n) is 7.93. The van der Waals surface area contributed by atoms with Crippen LogP contribution < -0.4 is 15.5 Å². The minimum absolute atomic E-state index is 0.503. The lowest BCUT2D eigenvalue weighted by Gasteiger charge is -2.28. The highest BCUT2D eigenvalue weighted by Crippen LogP contribution is 2.29. The first-order valence-corrected chi connectivity index (χ1v) is 12.1. The highest BCUT2D eigenvalue weighted by atomic mass is 32.1. The molecule has 4 heterocycles. The summed E-state index contributed by atoms with van der Waals surface area (Å²) in [5, 5.41) is 10.9. The van der Waals surface area contributed by atoms with E-state index in [1.165, 1.54) is 5.69 Å². The van der Waals surface area contributed by atoms with Crippen LogP contribution in [0.5, 0.6) is 0 Å². The molecule has 1 aliphatic rings. The lowest BCUT2D eigenvalue weighted by Crippen LogP contribution is -2.36. The molecule has 0 aliphatic carbocycles. The average molecular weight is 470 g/mol. The predicted octanol–water partition coefficient (Wildman–Crippen LogP) is 5.20. The number of nitrogens with one attached hydrogen (secondary N) is 2. The minimum atomic E-state index is 0.503. The van der Waals surface area contributed by atoms with Crippen LogP contribution >= 0.6 is 11.3 Å². The third kappa shape index (κ3) is 4.18. The normalized spacial score (nSPS) is 13.8. The van der Waals surface area contributed by atoms with E-state index >= 15 is 0 Å². The highest BCUT2D eigenvalue weighted by Gasteiger charge is 2.16. The third-order valence-electron chi connectivity index (χ3n) is 5.72. The molecule has 0 unspecified atom stereocenters. The van der Waals surface area contributed by atoms with Crippen molar-refractivity contribution in [3.63, 3.8) is 0 Å². The number of fused-ring (bicyclic) bond motifs is 1. The molecule has 8 nitrogen and oxygen atoms in total. The summed E-state index contributed by atoms with van der Waals surface area (Å²) >= 11 is 1.64. The number of hydrogen-bond donors (Lipinski definition) is 2. The molecular weight excluding hydrogens is 446 g/mol. The van der Waals surface area contributed by atoms with Crippen LogP contribution in [0.2, 0.25) is 0 Å². The fraction of sp³-hybridized carbons (Fsp3) is 0.160. The predicted molar refractivity (Wildman–Crippen MR) is 137 cm³/mol. The Balaban J connectivity index is 1.35. The molecule has 2 aromatic carbocycles. The van der Waals surface area contributed by atoms with Crippen LogP contribution in [-0.4, -0.2) is 45.8 Å². The fourth-order valence-corrected chi connectivity index (χ4v) is 4.62. The summed E-state index contributed by atoms with van der Waals surface area (Å²) in [4.78, 5) is 16.5. The summed E-state index contributed by atoms with van der Waals surface area (Å²) in [5.41, 5.74) is 5.52. The number of hydrogen-bond acceptors (Lipinski definition) is 8. The van der Waals surface area contributed by atoms with Crippen LogP contribution in [0.4, 0.5) is 28.8 Å². The van der Waals surface area contributed by atoms with Gasteiger partial charge in [0.1, 0.15) is 6.33 Å². The molecule has 6 rings (SSSR count). The summed E-state index contributed by atoms with van der Waals surface area (Å²) in [6.07, 6.45) is 1.79. The van der Waals surface area contributed by atoms with Crippen molar-refractivity contribution in [3.8, 4) is 5.69 Å². The van der Waals surface area contributed by atoms with E-state index in [9.17, 15) is 0 Å². The number of nitrogens with zero attached hydrogens (tertiary/aromatic N) is 5. The summed E-state index contributed by atoms with van der Waals surface area (Å²) < 4.78 is 7.45. The quantitative estimate of drug-likeness (QED) is 0.354. The second-order valence-corrected chi connectivity index (χ2v) is 8.71. The van der Waals surface area contributed by atoms with Gasteiger partial charge in [0.2, 0.25) is 5.95 Å². The molecule has 1 aliphatic heterocycles. The Kier molecular flexibility index (Phi) is 5.54. The van der Waals surface area contributed by atoms with Crippen LogP contribution in [-0.2, 0) is 4.74 Å². The Morgan fingerprint density at radius 1 is 0.824 bits per heavy atom. The van der Waals surface area contributed by atoms with Crippen molar-refractivity contribution in [2.24, 2.45) is 0 Å². The number of para-hydroxylation sites is 1. The Labute approximate surface area is 200 Å². The van der Waals surface area contributed by atoms with Crippen molar-refractivity contribution < 1.29 is 4.74 Å². The second kappa shape index (κ2) is 9.12. The smallest absolute Gasteiger partial charge is 0.231 e. The monoisotopic (exact) mass is 469 g/mol. The van der Waals surface area contributed by atoms with E-state index in [-0.39, 0.29) is 0 Å². The molecule has 1 saturated heterocycles. The van der Waals surface area contributed by atoms with E-state index in [2.05, 4.69) is 56.2 Å². The number of ether oxygens (including phenoxy) is 1. The van der Waals surface area contributed by atoms with E-state index in [0.717, 1.165) is 49.0 Å². The molecule has 0 amide bonds. The standard InChI is InChI=1S/C25H23N7OS/c1-2-4-18(5-3-1)28-25-29-23(22-24(30-25)32(17-26-22)21-10-15-34-16-21)27-19-6-8-20(9-7-19)31-11-13-33-14-12-31/h1-10,15-17H,11-14H2,(H2,27,28,29,30). The first kappa shape index (κ1) is 20.6. The lowest BCUT2D eigenvalue weighted by molar-refractivity contribution is 0.122. The van der Waals surface area contributed by atoms with Gasteiger partial charge in [0.25, 0.3) is 0 Å². The molecule has 9 heteroatoms. The van der Waals surface area contributed by atoms with Gasteiger partial charge in [0.05, 0.1) is 18.9 Å². The van der Waals surface area contributed by atoms with Gasteiger partial charge < -0.3 is 20.3 Å². The number of thiophene rings is 1. The number of imidazole rings is 1. The third-order valence-corrected chi connectivity index (χ3v) is 6.39. The first-order chi connectivity index (χ1) is 16.8. The molecule has 0 saturated carbocycles. The first-order valence-electron chi connectivity index (χ1n) is 11.1. The van der Waals surface area contributed by atoms with E-state index in [1.54, 1.807) is 17.7 Å². The Morgan fingerprint density at radius 2 is 1.62 bits per heavy atom.